The molecule has 558 valence electrons. The molecule has 0 saturated heterocycles. The molecule has 0 fully saturated rings. The van der Waals surface area contributed by atoms with E-state index in [9.17, 15) is 0 Å². The van der Waals surface area contributed by atoms with Crippen molar-refractivity contribution < 1.29 is 0 Å². The summed E-state index contributed by atoms with van der Waals surface area (Å²) in [7, 11) is 0. The summed E-state index contributed by atoms with van der Waals surface area (Å²) in [5.41, 5.74) is 21.8. The molecular weight excluding hydrogens is 1450 g/mol. The molecule has 0 spiro atoms. The first-order chi connectivity index (χ1) is 59.5. The minimum atomic E-state index is 1.17. The normalized spacial score (nSPS) is 12.0. The summed E-state index contributed by atoms with van der Waals surface area (Å²) in [6, 6.07) is 159. The van der Waals surface area contributed by atoms with Crippen LogP contribution in [0.5, 0.6) is 0 Å². The second kappa shape index (κ2) is 26.8. The fraction of sp³-hybridized carbons (Fsp3) is 0. The van der Waals surface area contributed by atoms with Gasteiger partial charge in [0.1, 0.15) is 0 Å². The lowest BCUT2D eigenvalue weighted by molar-refractivity contribution is 1.15. The van der Waals surface area contributed by atoms with Crippen molar-refractivity contribution in [2.45, 2.75) is 0 Å². The highest BCUT2D eigenvalue weighted by Gasteiger charge is 2.25. The van der Waals surface area contributed by atoms with E-state index in [-0.39, 0.29) is 0 Å². The first kappa shape index (κ1) is 67.3. The number of fused-ring (bicyclic) bond motifs is 26. The maximum Gasteiger partial charge on any atom is 0.0788 e. The van der Waals surface area contributed by atoms with E-state index in [0.717, 1.165) is 0 Å². The Hall–Kier alpha value is -16.0. The van der Waals surface area contributed by atoms with Crippen molar-refractivity contribution >= 4 is 195 Å². The van der Waals surface area contributed by atoms with Crippen LogP contribution in [0.15, 0.2) is 437 Å². The quantitative estimate of drug-likeness (QED) is 0.159. The molecule has 0 unspecified atom stereocenters. The summed E-state index contributed by atoms with van der Waals surface area (Å²) < 4.78 is 14.7. The van der Waals surface area contributed by atoms with Crippen molar-refractivity contribution in [1.29, 1.82) is 0 Å². The first-order valence-corrected chi connectivity index (χ1v) is 41.4. The molecule has 27 aromatic rings. The molecule has 6 heterocycles. The van der Waals surface area contributed by atoms with Gasteiger partial charge in [0.2, 0.25) is 0 Å². The molecule has 0 aliphatic rings. The number of rotatable bonds is 6. The lowest BCUT2D eigenvalue weighted by atomic mass is 10.1. The van der Waals surface area contributed by atoms with Gasteiger partial charge in [-0.2, -0.15) is 0 Å². The average Bonchev–Trinajstić information content (AvgIpc) is 1.52. The summed E-state index contributed by atoms with van der Waals surface area (Å²) in [6.45, 7) is 0. The summed E-state index contributed by atoms with van der Waals surface area (Å²) in [6.07, 6.45) is 0. The molecule has 0 bridgehead atoms. The van der Waals surface area contributed by atoms with Crippen LogP contribution in [0.2, 0.25) is 0 Å². The van der Waals surface area contributed by atoms with Gasteiger partial charge in [-0.3, -0.25) is 0 Å². The monoisotopic (exact) mass is 1520 g/mol. The summed E-state index contributed by atoms with van der Waals surface area (Å²) in [5, 5.41) is 30.3. The van der Waals surface area contributed by atoms with Crippen LogP contribution in [0.3, 0.4) is 0 Å². The van der Waals surface area contributed by atoms with E-state index in [4.69, 9.17) is 0 Å². The fourth-order valence-corrected chi connectivity index (χ4v) is 20.0. The molecule has 6 nitrogen and oxygen atoms in total. The first-order valence-electron chi connectivity index (χ1n) is 41.4. The molecule has 0 aliphatic carbocycles. The maximum atomic E-state index is 2.47. The molecule has 0 saturated carbocycles. The molecule has 0 N–H and O–H groups in total. The van der Waals surface area contributed by atoms with Gasteiger partial charge >= 0.3 is 0 Å². The Bertz CT molecular complexity index is 8450. The zero-order valence-corrected chi connectivity index (χ0v) is 65.3. The van der Waals surface area contributed by atoms with Crippen LogP contribution in [0.4, 0.5) is 0 Å². The van der Waals surface area contributed by atoms with Crippen LogP contribution >= 0.6 is 0 Å². The Morgan fingerprint density at radius 1 is 0.108 bits per heavy atom. The van der Waals surface area contributed by atoms with Gasteiger partial charge in [0.15, 0.2) is 0 Å². The molecule has 6 aromatic heterocycles. The van der Waals surface area contributed by atoms with Crippen LogP contribution < -0.4 is 0 Å². The summed E-state index contributed by atoms with van der Waals surface area (Å²) >= 11 is 0. The van der Waals surface area contributed by atoms with Gasteiger partial charge in [0, 0.05) is 98.8 Å². The smallest absolute Gasteiger partial charge is 0.0788 e. The average molecular weight is 1530 g/mol. The van der Waals surface area contributed by atoms with E-state index < -0.39 is 0 Å². The highest BCUT2D eigenvalue weighted by atomic mass is 15.1. The third kappa shape index (κ3) is 10.4. The third-order valence-corrected chi connectivity index (χ3v) is 25.4. The Morgan fingerprint density at radius 3 is 0.600 bits per heavy atom. The van der Waals surface area contributed by atoms with E-state index in [1.807, 2.05) is 0 Å². The maximum absolute atomic E-state index is 2.47. The molecule has 0 amide bonds. The Labute approximate surface area is 689 Å². The van der Waals surface area contributed by atoms with E-state index in [2.05, 4.69) is 464 Å². The van der Waals surface area contributed by atoms with E-state index in [1.165, 1.54) is 230 Å². The van der Waals surface area contributed by atoms with Crippen molar-refractivity contribution in [3.05, 3.63) is 437 Å². The van der Waals surface area contributed by atoms with Crippen molar-refractivity contribution in [3.8, 4) is 34.1 Å². The zero-order valence-electron chi connectivity index (χ0n) is 65.3. The minimum absolute atomic E-state index is 1.17. The van der Waals surface area contributed by atoms with E-state index in [0.29, 0.717) is 0 Å². The van der Waals surface area contributed by atoms with Crippen LogP contribution in [0, 0.1) is 0 Å². The van der Waals surface area contributed by atoms with Crippen LogP contribution in [-0.4, -0.2) is 27.4 Å². The van der Waals surface area contributed by atoms with E-state index in [1.54, 1.807) is 0 Å². The largest absolute Gasteiger partial charge is 0.309 e. The van der Waals surface area contributed by atoms with Gasteiger partial charge in [-0.15, -0.1) is 0 Å². The van der Waals surface area contributed by atoms with Gasteiger partial charge < -0.3 is 27.4 Å². The number of nitrogens with zero attached hydrogens (tertiary/aromatic N) is 6. The van der Waals surface area contributed by atoms with Gasteiger partial charge in [-0.1, -0.05) is 303 Å². The topological polar surface area (TPSA) is 29.6 Å². The third-order valence-electron chi connectivity index (χ3n) is 25.4. The summed E-state index contributed by atoms with van der Waals surface area (Å²) in [4.78, 5) is 0. The zero-order chi connectivity index (χ0) is 78.6. The van der Waals surface area contributed by atoms with Crippen LogP contribution in [0.1, 0.15) is 0 Å². The highest BCUT2D eigenvalue weighted by Crippen LogP contribution is 2.47. The van der Waals surface area contributed by atoms with Crippen molar-refractivity contribution in [2.24, 2.45) is 0 Å². The summed E-state index contributed by atoms with van der Waals surface area (Å²) in [5.74, 6) is 0. The molecular formula is C114H72N6. The van der Waals surface area contributed by atoms with Crippen LogP contribution in [-0.2, 0) is 0 Å². The molecule has 27 rings (SSSR count). The Morgan fingerprint density at radius 2 is 0.317 bits per heavy atom. The molecule has 0 radical (unpaired) electrons. The number of benzene rings is 21. The fourth-order valence-electron chi connectivity index (χ4n) is 20.0. The van der Waals surface area contributed by atoms with Crippen molar-refractivity contribution in [3.63, 3.8) is 0 Å². The lowest BCUT2D eigenvalue weighted by Gasteiger charge is -2.13. The molecule has 0 atom stereocenters. The van der Waals surface area contributed by atoms with Crippen molar-refractivity contribution in [2.75, 3.05) is 0 Å². The Balaban J connectivity index is 0.0000000997. The van der Waals surface area contributed by atoms with Gasteiger partial charge in [0.25, 0.3) is 0 Å². The lowest BCUT2D eigenvalue weighted by Crippen LogP contribution is -1.99. The number of hydrogen-bond donors (Lipinski definition) is 0. The number of aromatic nitrogens is 6. The molecule has 120 heavy (non-hydrogen) atoms. The second-order valence-electron chi connectivity index (χ2n) is 31.9. The Kier molecular flexibility index (Phi) is 15.0. The highest BCUT2D eigenvalue weighted by molar-refractivity contribution is 6.30. The van der Waals surface area contributed by atoms with Gasteiger partial charge in [-0.05, 0) is 198 Å². The second-order valence-corrected chi connectivity index (χ2v) is 31.9. The van der Waals surface area contributed by atoms with Gasteiger partial charge in [0.05, 0.1) is 66.2 Å². The molecule has 6 heteroatoms. The van der Waals surface area contributed by atoms with Crippen LogP contribution in [0.25, 0.3) is 230 Å². The predicted molar refractivity (Wildman–Crippen MR) is 510 cm³/mol. The SMILES string of the molecule is c1ccc2cc(-n3c4ccccc4c4c5c6ccccc6n(-c6ccc7ccccc7c6)c5ccc43)ccc2c1.c1ccc2cc(-n3c4ccccc4c4cc5c6ccccc6n(-c6ccc7ccccc7c6)c5cc43)ccc2c1.c1ccc2cc(-n3c4ccccc4c4ccc5c6ccccc6n(-c6ccc7ccccc7c6)c5c43)ccc2c1. The van der Waals surface area contributed by atoms with Gasteiger partial charge in [-0.25, -0.2) is 0 Å². The molecule has 21 aromatic carbocycles. The predicted octanol–water partition coefficient (Wildman–Crippen LogP) is 30.6. The van der Waals surface area contributed by atoms with E-state index >= 15 is 0 Å². The molecule has 0 aliphatic heterocycles. The minimum Gasteiger partial charge on any atom is -0.309 e. The standard InChI is InChI=1S/3C38H24N2/c1-3-11-27-21-29(19-17-25(27)9-1)39-35-15-7-5-13-31(35)33-23-34-32-14-6-8-16-36(32)40(38(34)24-37(33)39)30-20-18-26-10-2-4-12-28(26)22-30;1-3-11-27-23-29(19-17-25(27)9-1)39-35-15-7-5-13-31(35)33-21-22-34-32-14-6-8-16-36(32)40(38(34)37(33)39)30-20-18-26-10-2-4-12-28(26)24-30;1-3-11-27-23-29(19-17-25(27)9-1)39-33-15-7-5-13-31(33)37-35(39)21-22-36-38(37)32-14-6-8-16-34(32)40(36)30-20-18-26-10-2-4-12-28(26)24-30/h3*1-24H. The number of hydrogen-bond acceptors (Lipinski definition) is 0. The van der Waals surface area contributed by atoms with Crippen molar-refractivity contribution in [1.82, 2.24) is 27.4 Å². The number of para-hydroxylation sites is 6.